The van der Waals surface area contributed by atoms with Crippen molar-refractivity contribution in [3.8, 4) is 0 Å². The number of hydrogen-bond acceptors (Lipinski definition) is 3. The highest BCUT2D eigenvalue weighted by Crippen LogP contribution is 2.14. The lowest BCUT2D eigenvalue weighted by atomic mass is 10.00. The highest BCUT2D eigenvalue weighted by Gasteiger charge is 1.98. The first-order valence-electron chi connectivity index (χ1n) is 10.1. The summed E-state index contributed by atoms with van der Waals surface area (Å²) in [5.41, 5.74) is 0. The summed E-state index contributed by atoms with van der Waals surface area (Å²) in [4.78, 5) is 0. The standard InChI is InChI=1S/C16H30.C3H8O3.C3H6.C2H4/c1-5-15(3)13-11-9-7-8-10-12-14-16(4)6-2;4-1-3(6)2-5;1-3-2;1-2/h5-6,15-16H,1-2,7-14H2,3-4H3;3-6H,1-2H2;3H,1H2,2H3;1-2H2. The van der Waals surface area contributed by atoms with E-state index < -0.39 is 6.10 Å². The smallest absolute Gasteiger partial charge is 0.100 e. The zero-order valence-corrected chi connectivity index (χ0v) is 18.4. The van der Waals surface area contributed by atoms with Gasteiger partial charge < -0.3 is 15.3 Å². The average molecular weight is 385 g/mol. The maximum atomic E-state index is 8.17. The number of aliphatic hydroxyl groups is 3. The van der Waals surface area contributed by atoms with Gasteiger partial charge in [0.05, 0.1) is 13.2 Å². The van der Waals surface area contributed by atoms with Crippen molar-refractivity contribution in [2.24, 2.45) is 11.8 Å². The summed E-state index contributed by atoms with van der Waals surface area (Å²) in [6, 6.07) is 0. The second-order valence-electron chi connectivity index (χ2n) is 6.55. The summed E-state index contributed by atoms with van der Waals surface area (Å²) in [6.07, 6.45) is 15.9. The van der Waals surface area contributed by atoms with Gasteiger partial charge in [0.25, 0.3) is 0 Å². The molecule has 0 rings (SSSR count). The molecule has 0 aromatic carbocycles. The molecule has 0 aliphatic heterocycles. The molecule has 27 heavy (non-hydrogen) atoms. The largest absolute Gasteiger partial charge is 0.394 e. The van der Waals surface area contributed by atoms with Crippen molar-refractivity contribution in [1.29, 1.82) is 0 Å². The third-order valence-corrected chi connectivity index (χ3v) is 3.80. The lowest BCUT2D eigenvalue weighted by Gasteiger charge is -2.06. The molecule has 0 aliphatic carbocycles. The Morgan fingerprint density at radius 1 is 0.704 bits per heavy atom. The Labute approximate surface area is 170 Å². The van der Waals surface area contributed by atoms with Crippen LogP contribution in [0.25, 0.3) is 0 Å². The lowest BCUT2D eigenvalue weighted by Crippen LogP contribution is -2.15. The minimum atomic E-state index is -0.954. The van der Waals surface area contributed by atoms with Crippen LogP contribution in [0.4, 0.5) is 0 Å². The maximum Gasteiger partial charge on any atom is 0.100 e. The van der Waals surface area contributed by atoms with Gasteiger partial charge in [-0.3, -0.25) is 0 Å². The molecule has 0 fully saturated rings. The minimum Gasteiger partial charge on any atom is -0.394 e. The zero-order chi connectivity index (χ0) is 21.9. The van der Waals surface area contributed by atoms with E-state index in [4.69, 9.17) is 15.3 Å². The summed E-state index contributed by atoms with van der Waals surface area (Å²) in [7, 11) is 0. The molecule has 0 aliphatic rings. The van der Waals surface area contributed by atoms with Gasteiger partial charge in [-0.05, 0) is 31.6 Å². The van der Waals surface area contributed by atoms with Crippen molar-refractivity contribution < 1.29 is 15.3 Å². The van der Waals surface area contributed by atoms with Crippen LogP contribution in [0.2, 0.25) is 0 Å². The number of aliphatic hydroxyl groups excluding tert-OH is 3. The molecule has 0 radical (unpaired) electrons. The minimum absolute atomic E-state index is 0.365. The van der Waals surface area contributed by atoms with Gasteiger partial charge in [0.2, 0.25) is 0 Å². The van der Waals surface area contributed by atoms with Crippen LogP contribution < -0.4 is 0 Å². The Balaban J connectivity index is -0.000000198. The van der Waals surface area contributed by atoms with Gasteiger partial charge in [0.1, 0.15) is 6.10 Å². The summed E-state index contributed by atoms with van der Waals surface area (Å²) < 4.78 is 0. The van der Waals surface area contributed by atoms with Crippen molar-refractivity contribution in [2.75, 3.05) is 13.2 Å². The van der Waals surface area contributed by atoms with Gasteiger partial charge in [-0.15, -0.1) is 32.9 Å². The zero-order valence-electron chi connectivity index (χ0n) is 18.4. The average Bonchev–Trinajstić information content (AvgIpc) is 2.71. The van der Waals surface area contributed by atoms with E-state index in [0.717, 1.165) is 0 Å². The van der Waals surface area contributed by atoms with Crippen LogP contribution in [0.3, 0.4) is 0 Å². The van der Waals surface area contributed by atoms with Crippen molar-refractivity contribution in [3.05, 3.63) is 51.1 Å². The van der Waals surface area contributed by atoms with E-state index in [2.05, 4.69) is 58.9 Å². The first kappa shape index (κ1) is 33.4. The van der Waals surface area contributed by atoms with Gasteiger partial charge in [-0.25, -0.2) is 0 Å². The van der Waals surface area contributed by atoms with Crippen LogP contribution in [-0.4, -0.2) is 34.6 Å². The lowest BCUT2D eigenvalue weighted by molar-refractivity contribution is 0.0450. The van der Waals surface area contributed by atoms with Crippen LogP contribution in [-0.2, 0) is 0 Å². The topological polar surface area (TPSA) is 60.7 Å². The molecule has 0 saturated heterocycles. The molecule has 0 aromatic heterocycles. The molecular weight excluding hydrogens is 336 g/mol. The molecule has 162 valence electrons. The van der Waals surface area contributed by atoms with Crippen LogP contribution in [0.1, 0.15) is 72.1 Å². The number of hydrogen-bond donors (Lipinski definition) is 3. The fraction of sp³-hybridized carbons (Fsp3) is 0.667. The first-order chi connectivity index (χ1) is 12.9. The monoisotopic (exact) mass is 384 g/mol. The molecule has 0 amide bonds. The SMILES string of the molecule is C=C.C=CC.C=CC(C)CCCCCCCCC(C)C=C.OCC(O)CO. The van der Waals surface area contributed by atoms with E-state index in [0.29, 0.717) is 11.8 Å². The molecule has 0 bridgehead atoms. The second kappa shape index (κ2) is 32.5. The maximum absolute atomic E-state index is 8.17. The molecule has 0 spiro atoms. The van der Waals surface area contributed by atoms with Gasteiger partial charge in [-0.1, -0.05) is 70.6 Å². The van der Waals surface area contributed by atoms with Gasteiger partial charge in [-0.2, -0.15) is 0 Å². The molecule has 0 saturated carbocycles. The highest BCUT2D eigenvalue weighted by molar-refractivity contribution is 4.75. The summed E-state index contributed by atoms with van der Waals surface area (Å²) in [6.45, 7) is 22.7. The van der Waals surface area contributed by atoms with Crippen LogP contribution in [0.15, 0.2) is 51.1 Å². The molecular formula is C24H48O3. The van der Waals surface area contributed by atoms with E-state index in [-0.39, 0.29) is 13.2 Å². The molecule has 2 unspecified atom stereocenters. The Hall–Kier alpha value is -1.16. The fourth-order valence-corrected chi connectivity index (χ4v) is 1.93. The molecule has 0 heterocycles. The van der Waals surface area contributed by atoms with E-state index in [1.807, 2.05) is 6.92 Å². The quantitative estimate of drug-likeness (QED) is 0.266. The number of unbranched alkanes of at least 4 members (excludes halogenated alkanes) is 5. The second-order valence-corrected chi connectivity index (χ2v) is 6.55. The van der Waals surface area contributed by atoms with Crippen molar-refractivity contribution in [2.45, 2.75) is 78.2 Å². The third kappa shape index (κ3) is 40.7. The van der Waals surface area contributed by atoms with Crippen molar-refractivity contribution in [1.82, 2.24) is 0 Å². The summed E-state index contributed by atoms with van der Waals surface area (Å²) in [5, 5.41) is 24.0. The van der Waals surface area contributed by atoms with Crippen LogP contribution in [0, 0.1) is 11.8 Å². The van der Waals surface area contributed by atoms with Gasteiger partial charge >= 0.3 is 0 Å². The van der Waals surface area contributed by atoms with Crippen LogP contribution in [0.5, 0.6) is 0 Å². The number of rotatable bonds is 13. The molecule has 2 atom stereocenters. The number of allylic oxidation sites excluding steroid dienone is 3. The molecule has 3 nitrogen and oxygen atoms in total. The third-order valence-electron chi connectivity index (χ3n) is 3.80. The van der Waals surface area contributed by atoms with Gasteiger partial charge in [0, 0.05) is 0 Å². The molecule has 3 N–H and O–H groups in total. The summed E-state index contributed by atoms with van der Waals surface area (Å²) in [5.74, 6) is 1.40. The molecule has 3 heteroatoms. The Kier molecular flexibility index (Phi) is 40.2. The van der Waals surface area contributed by atoms with Crippen molar-refractivity contribution >= 4 is 0 Å². The Morgan fingerprint density at radius 2 is 0.963 bits per heavy atom. The first-order valence-corrected chi connectivity index (χ1v) is 10.1. The predicted molar refractivity (Wildman–Crippen MR) is 123 cm³/mol. The van der Waals surface area contributed by atoms with E-state index in [9.17, 15) is 0 Å². The Bertz CT molecular complexity index is 265. The van der Waals surface area contributed by atoms with E-state index in [1.54, 1.807) is 6.08 Å². The van der Waals surface area contributed by atoms with Gasteiger partial charge in [0.15, 0.2) is 0 Å². The van der Waals surface area contributed by atoms with Crippen LogP contribution >= 0.6 is 0 Å². The van der Waals surface area contributed by atoms with E-state index >= 15 is 0 Å². The van der Waals surface area contributed by atoms with Crippen molar-refractivity contribution in [3.63, 3.8) is 0 Å². The van der Waals surface area contributed by atoms with E-state index in [1.165, 1.54) is 51.4 Å². The predicted octanol–water partition coefficient (Wildman–Crippen LogP) is 6.08. The fourth-order valence-electron chi connectivity index (χ4n) is 1.93. The normalized spacial score (nSPS) is 11.4. The highest BCUT2D eigenvalue weighted by atomic mass is 16.3. The summed E-state index contributed by atoms with van der Waals surface area (Å²) >= 11 is 0. The molecule has 0 aromatic rings. The Morgan fingerprint density at radius 3 is 1.15 bits per heavy atom.